The highest BCUT2D eigenvalue weighted by molar-refractivity contribution is 5.82. The molecule has 22 heteroatoms. The number of nitrogens with one attached hydrogen (secondary N) is 4. The molecule has 4 saturated heterocycles. The molecule has 4 fully saturated rings. The van der Waals surface area contributed by atoms with E-state index in [1.54, 1.807) is 36.4 Å². The largest absolute Gasteiger partial charge is 0.340 e. The lowest BCUT2D eigenvalue weighted by molar-refractivity contribution is 0.120. The van der Waals surface area contributed by atoms with Crippen molar-refractivity contribution in [3.8, 4) is 90.1 Å². The molecule has 684 valence electrons. The van der Waals surface area contributed by atoms with E-state index in [1.807, 2.05) is 36.4 Å². The molecule has 16 nitrogen and oxygen atoms in total. The molecule has 4 aliphatic rings. The van der Waals surface area contributed by atoms with Gasteiger partial charge in [-0.05, 0) is 123 Å². The quantitative estimate of drug-likeness (QED) is 0.0428. The van der Waals surface area contributed by atoms with Crippen molar-refractivity contribution in [3.63, 3.8) is 0 Å². The van der Waals surface area contributed by atoms with Crippen LogP contribution in [-0.2, 0) is 52.4 Å². The van der Waals surface area contributed by atoms with E-state index in [4.69, 9.17) is 19.9 Å². The van der Waals surface area contributed by atoms with Crippen molar-refractivity contribution < 1.29 is 26.3 Å². The molecule has 4 aliphatic heterocycles. The first-order valence-electron chi connectivity index (χ1n) is 46.4. The summed E-state index contributed by atoms with van der Waals surface area (Å²) in [6.45, 7) is 31.1. The second kappa shape index (κ2) is 44.5. The number of hydrogen-bond acceptors (Lipinski definition) is 12. The fourth-order valence-electron chi connectivity index (χ4n) is 17.9. The monoisotopic (exact) mass is 1800 g/mol. The maximum Gasteiger partial charge on any atom is 0.123 e. The van der Waals surface area contributed by atoms with Crippen LogP contribution in [0.15, 0.2) is 303 Å². The molecule has 0 saturated carbocycles. The topological polar surface area (TPSA) is 141 Å². The summed E-state index contributed by atoms with van der Waals surface area (Å²) >= 11 is 0. The van der Waals surface area contributed by atoms with Crippen molar-refractivity contribution in [3.05, 3.63) is 406 Å². The number of imidazole rings is 4. The van der Waals surface area contributed by atoms with Crippen LogP contribution < -0.4 is 0 Å². The van der Waals surface area contributed by atoms with E-state index in [0.29, 0.717) is 87.2 Å². The first-order chi connectivity index (χ1) is 65.3. The molecule has 4 aromatic heterocycles. The highest BCUT2D eigenvalue weighted by Gasteiger charge is 2.28. The van der Waals surface area contributed by atoms with E-state index in [0.717, 1.165) is 178 Å². The predicted octanol–water partition coefficient (Wildman–Crippen LogP) is 22.3. The van der Waals surface area contributed by atoms with Gasteiger partial charge in [0.1, 0.15) is 58.2 Å². The summed E-state index contributed by atoms with van der Waals surface area (Å²) in [5.74, 6) is 1.51. The maximum atomic E-state index is 13.9. The molecule has 0 amide bonds. The lowest BCUT2D eigenvalue weighted by Gasteiger charge is -2.34. The number of benzene rings is 12. The number of hydrogen-bond donors (Lipinski definition) is 4. The highest BCUT2D eigenvalue weighted by atomic mass is 19.1. The van der Waals surface area contributed by atoms with Gasteiger partial charge >= 0.3 is 0 Å². The second-order valence-electron chi connectivity index (χ2n) is 35.6. The second-order valence-corrected chi connectivity index (χ2v) is 35.6. The van der Waals surface area contributed by atoms with Gasteiger partial charge in [-0.2, -0.15) is 0 Å². The molecule has 0 unspecified atom stereocenters. The first kappa shape index (κ1) is 92.6. The number of nitrogens with zero attached hydrogens (tertiary/aromatic N) is 12. The van der Waals surface area contributed by atoms with Gasteiger partial charge in [0.25, 0.3) is 0 Å². The van der Waals surface area contributed by atoms with Gasteiger partial charge in [0.05, 0.1) is 71.7 Å². The van der Waals surface area contributed by atoms with Crippen LogP contribution in [0.4, 0.5) is 26.3 Å². The summed E-state index contributed by atoms with van der Waals surface area (Å²) in [5.41, 5.74) is 23.2. The third-order valence-corrected chi connectivity index (χ3v) is 25.2. The number of aromatic amines is 4. The lowest BCUT2D eigenvalue weighted by Crippen LogP contribution is -2.45. The zero-order chi connectivity index (χ0) is 92.2. The summed E-state index contributed by atoms with van der Waals surface area (Å²) in [5, 5.41) is 0. The Hall–Kier alpha value is -13.3. The van der Waals surface area contributed by atoms with Crippen molar-refractivity contribution in [2.75, 3.05) is 105 Å². The van der Waals surface area contributed by atoms with Gasteiger partial charge in [0.15, 0.2) is 0 Å². The van der Waals surface area contributed by atoms with E-state index in [2.05, 4.69) is 245 Å². The van der Waals surface area contributed by atoms with E-state index in [9.17, 15) is 26.3 Å². The Kier molecular flexibility index (Phi) is 30.8. The van der Waals surface area contributed by atoms with Gasteiger partial charge in [-0.3, -0.25) is 39.2 Å². The minimum Gasteiger partial charge on any atom is -0.340 e. The summed E-state index contributed by atoms with van der Waals surface area (Å²) < 4.78 is 83.6. The Morgan fingerprint density at radius 3 is 0.679 bits per heavy atom. The Bertz CT molecular complexity index is 6040. The third-order valence-electron chi connectivity index (χ3n) is 25.2. The lowest BCUT2D eigenvalue weighted by atomic mass is 10.0. The molecular weight excluding hydrogens is 1680 g/mol. The summed E-state index contributed by atoms with van der Waals surface area (Å²) in [6.07, 6.45) is 0. The number of aryl methyl sites for hydroxylation is 4. The van der Waals surface area contributed by atoms with Gasteiger partial charge in [-0.25, -0.2) is 46.3 Å². The first-order valence-corrected chi connectivity index (χ1v) is 46.4. The standard InChI is InChI=1S/3C28H28F2N4.C28H30N4/c1-20-5-2-6-21(15-20)18-33-11-13-34(14-12-33)19-26-31-27(22-7-3-9-24(29)16-22)28(32-26)23-8-4-10-25(30)17-23;2*1-20-8-10-21(11-9-20)18-33-12-14-34(15-13-33)19-26-31-27(22-4-2-6-24(29)16-22)28(32-26)23-5-3-7-25(30)17-23;1-22-12-14-23(15-13-22)20-31-16-18-32(19-17-31)21-26-29-27(24-8-4-2-5-9-24)28(30-26)25-10-6-3-7-11-25/h2-10,15-17H,11-14,18-19H2,1H3,(H,31,32);2*2-11,16-17H,12-15,18-19H2,1H3,(H,31,32);2-15H,16-21H2,1H3,(H,29,30). The van der Waals surface area contributed by atoms with Crippen molar-refractivity contribution in [2.24, 2.45) is 0 Å². The molecule has 20 rings (SSSR count). The van der Waals surface area contributed by atoms with Crippen molar-refractivity contribution >= 4 is 0 Å². The van der Waals surface area contributed by atoms with Gasteiger partial charge in [-0.1, -0.05) is 253 Å². The normalized spacial score (nSPS) is 15.1. The minimum absolute atomic E-state index is 0.316. The fourth-order valence-corrected chi connectivity index (χ4v) is 17.9. The number of aromatic nitrogens is 8. The van der Waals surface area contributed by atoms with Crippen LogP contribution in [-0.4, -0.2) is 184 Å². The van der Waals surface area contributed by atoms with Gasteiger partial charge in [0, 0.05) is 175 Å². The van der Waals surface area contributed by atoms with E-state index >= 15 is 0 Å². The summed E-state index contributed by atoms with van der Waals surface area (Å²) in [6, 6.07) is 94.4. The van der Waals surface area contributed by atoms with Crippen LogP contribution in [0.1, 0.15) is 67.8 Å². The Labute approximate surface area is 781 Å². The Morgan fingerprint density at radius 2 is 0.410 bits per heavy atom. The average molecular weight is 1800 g/mol. The van der Waals surface area contributed by atoms with Crippen LogP contribution in [0.5, 0.6) is 0 Å². The number of halogens is 6. The van der Waals surface area contributed by atoms with E-state index in [1.165, 1.54) is 123 Å². The molecule has 0 radical (unpaired) electrons. The molecule has 16 aromatic rings. The van der Waals surface area contributed by atoms with Crippen LogP contribution >= 0.6 is 0 Å². The molecule has 134 heavy (non-hydrogen) atoms. The van der Waals surface area contributed by atoms with Gasteiger partial charge in [-0.15, -0.1) is 0 Å². The Morgan fingerprint density at radius 1 is 0.194 bits per heavy atom. The predicted molar refractivity (Wildman–Crippen MR) is 525 cm³/mol. The molecule has 8 heterocycles. The van der Waals surface area contributed by atoms with Crippen molar-refractivity contribution in [1.29, 1.82) is 0 Å². The van der Waals surface area contributed by atoms with Gasteiger partial charge < -0.3 is 19.9 Å². The van der Waals surface area contributed by atoms with Gasteiger partial charge in [0.2, 0.25) is 0 Å². The molecule has 0 atom stereocenters. The molecule has 0 bridgehead atoms. The molecule has 0 aliphatic carbocycles. The van der Waals surface area contributed by atoms with Crippen LogP contribution in [0.3, 0.4) is 0 Å². The van der Waals surface area contributed by atoms with Crippen LogP contribution in [0.25, 0.3) is 90.1 Å². The van der Waals surface area contributed by atoms with E-state index in [-0.39, 0.29) is 34.9 Å². The number of piperazine rings is 4. The van der Waals surface area contributed by atoms with Crippen molar-refractivity contribution in [1.82, 2.24) is 79.1 Å². The van der Waals surface area contributed by atoms with Crippen LogP contribution in [0, 0.1) is 62.6 Å². The molecular formula is C112H114F6N16. The number of H-pyrrole nitrogens is 4. The molecule has 0 spiro atoms. The Balaban J connectivity index is 0.000000124. The maximum absolute atomic E-state index is 13.9. The SMILES string of the molecule is Cc1ccc(CN2CCN(Cc3nc(-c4cccc(F)c4)c(-c4cccc(F)c4)[nH]3)CC2)cc1.Cc1ccc(CN2CCN(Cc3nc(-c4cccc(F)c4)c(-c4cccc(F)c4)[nH]3)CC2)cc1.Cc1ccc(CN2CCN(Cc3nc(-c4ccccc4)c(-c4ccccc4)[nH]3)CC2)cc1.Cc1cccc(CN2CCN(Cc3nc(-c4cccc(F)c4)c(-c4cccc(F)c4)[nH]3)CC2)c1. The zero-order valence-corrected chi connectivity index (χ0v) is 76.5. The smallest absolute Gasteiger partial charge is 0.123 e. The minimum atomic E-state index is -0.322. The zero-order valence-electron chi connectivity index (χ0n) is 76.5. The molecule has 12 aromatic carbocycles. The van der Waals surface area contributed by atoms with Crippen molar-refractivity contribution in [2.45, 2.75) is 80.1 Å². The average Bonchev–Trinajstić information content (AvgIpc) is 1.66. The third kappa shape index (κ3) is 25.4. The van der Waals surface area contributed by atoms with Crippen LogP contribution in [0.2, 0.25) is 0 Å². The summed E-state index contributed by atoms with van der Waals surface area (Å²) in [4.78, 5) is 52.9. The summed E-state index contributed by atoms with van der Waals surface area (Å²) in [7, 11) is 0. The highest BCUT2D eigenvalue weighted by Crippen LogP contribution is 2.37. The fraction of sp³-hybridized carbons (Fsp3) is 0.250. The van der Waals surface area contributed by atoms with E-state index < -0.39 is 0 Å². The molecule has 4 N–H and O–H groups in total. The number of rotatable bonds is 24.